The van der Waals surface area contributed by atoms with Crippen LogP contribution in [0.4, 0.5) is 8.78 Å². The van der Waals surface area contributed by atoms with Gasteiger partial charge in [-0.25, -0.2) is 8.78 Å². The fraction of sp³-hybridized carbons (Fsp3) is 0.600. The third-order valence-electron chi connectivity index (χ3n) is 1.92. The molecule has 0 aromatic rings. The number of hydrogen-bond donors (Lipinski definition) is 1. The average molecular weight is 219 g/mol. The summed E-state index contributed by atoms with van der Waals surface area (Å²) in [5.41, 5.74) is 6.11. The first-order valence-electron chi connectivity index (χ1n) is 4.79. The van der Waals surface area contributed by atoms with Gasteiger partial charge in [-0.3, -0.25) is 0 Å². The molecule has 2 heterocycles. The first kappa shape index (κ1) is 12.0. The minimum atomic E-state index is -2.54. The molecule has 0 radical (unpaired) electrons. The topological polar surface area (TPSA) is 44.5 Å². The molecule has 5 heteroatoms. The van der Waals surface area contributed by atoms with Crippen molar-refractivity contribution >= 4 is 0 Å². The molecule has 0 atom stereocenters. The summed E-state index contributed by atoms with van der Waals surface area (Å²) in [5, 5.41) is 0. The predicted octanol–water partition coefficient (Wildman–Crippen LogP) is 1.80. The molecule has 0 aromatic heterocycles. The van der Waals surface area contributed by atoms with E-state index in [1.54, 1.807) is 12.3 Å². The van der Waals surface area contributed by atoms with Gasteiger partial charge in [-0.2, -0.15) is 0 Å². The van der Waals surface area contributed by atoms with E-state index >= 15 is 0 Å². The lowest BCUT2D eigenvalue weighted by molar-refractivity contribution is -0.113. The molecule has 0 aromatic carbocycles. The van der Waals surface area contributed by atoms with Crippen LogP contribution in [0.25, 0.3) is 0 Å². The normalized spacial score (nSPS) is 23.2. The van der Waals surface area contributed by atoms with E-state index in [0.717, 1.165) is 5.70 Å². The Balaban J connectivity index is 0.000000151. The van der Waals surface area contributed by atoms with Crippen LogP contribution in [0.5, 0.6) is 0 Å². The fourth-order valence-electron chi connectivity index (χ4n) is 1.12. The monoisotopic (exact) mass is 219 g/mol. The zero-order valence-electron chi connectivity index (χ0n) is 8.42. The van der Waals surface area contributed by atoms with Crippen LogP contribution in [0.1, 0.15) is 12.8 Å². The summed E-state index contributed by atoms with van der Waals surface area (Å²) >= 11 is 0. The number of nitrogens with two attached hydrogens (primary N) is 1. The Morgan fingerprint density at radius 2 is 2.20 bits per heavy atom. The van der Waals surface area contributed by atoms with E-state index in [1.165, 1.54) is 0 Å². The summed E-state index contributed by atoms with van der Waals surface area (Å²) in [4.78, 5) is 0. The smallest absolute Gasteiger partial charge is 0.271 e. The van der Waals surface area contributed by atoms with Gasteiger partial charge >= 0.3 is 0 Å². The summed E-state index contributed by atoms with van der Waals surface area (Å²) in [6.07, 6.45) is 5.62. The molecular formula is C10H15F2NO2. The molecule has 1 saturated heterocycles. The molecule has 2 aliphatic heterocycles. The maximum Gasteiger partial charge on any atom is 0.271 e. The zero-order valence-corrected chi connectivity index (χ0v) is 8.42. The maximum absolute atomic E-state index is 12.1. The van der Waals surface area contributed by atoms with Crippen molar-refractivity contribution in [1.29, 1.82) is 0 Å². The number of halogens is 2. The Morgan fingerprint density at radius 1 is 1.40 bits per heavy atom. The van der Waals surface area contributed by atoms with Crippen molar-refractivity contribution in [2.45, 2.75) is 18.8 Å². The van der Waals surface area contributed by atoms with E-state index in [1.807, 2.05) is 6.08 Å². The second-order valence-corrected chi connectivity index (χ2v) is 3.35. The van der Waals surface area contributed by atoms with Crippen molar-refractivity contribution in [1.82, 2.24) is 0 Å². The number of alkyl halides is 2. The minimum absolute atomic E-state index is 0.00694. The highest BCUT2D eigenvalue weighted by Crippen LogP contribution is 2.23. The van der Waals surface area contributed by atoms with Crippen molar-refractivity contribution < 1.29 is 18.3 Å². The highest BCUT2D eigenvalue weighted by molar-refractivity contribution is 5.15. The molecule has 2 rings (SSSR count). The van der Waals surface area contributed by atoms with Crippen LogP contribution < -0.4 is 5.73 Å². The maximum atomic E-state index is 12.1. The SMILES string of the molecule is FC1(F)CCCOC1.NC1=CCOC=C1. The van der Waals surface area contributed by atoms with E-state index in [9.17, 15) is 8.78 Å². The summed E-state index contributed by atoms with van der Waals surface area (Å²) in [6, 6.07) is 0. The van der Waals surface area contributed by atoms with Gasteiger partial charge in [0.25, 0.3) is 5.92 Å². The lowest BCUT2D eigenvalue weighted by Gasteiger charge is -2.20. The Bertz CT molecular complexity index is 244. The van der Waals surface area contributed by atoms with Gasteiger partial charge in [-0.15, -0.1) is 0 Å². The number of allylic oxidation sites excluding steroid dienone is 1. The van der Waals surface area contributed by atoms with Crippen LogP contribution in [-0.4, -0.2) is 25.7 Å². The van der Waals surface area contributed by atoms with Gasteiger partial charge in [0.2, 0.25) is 0 Å². The van der Waals surface area contributed by atoms with Crippen molar-refractivity contribution in [2.75, 3.05) is 19.8 Å². The van der Waals surface area contributed by atoms with E-state index in [4.69, 9.17) is 10.5 Å². The van der Waals surface area contributed by atoms with E-state index in [2.05, 4.69) is 4.74 Å². The van der Waals surface area contributed by atoms with Crippen molar-refractivity contribution in [3.63, 3.8) is 0 Å². The highest BCUT2D eigenvalue weighted by Gasteiger charge is 2.31. The molecule has 0 spiro atoms. The van der Waals surface area contributed by atoms with Crippen LogP contribution in [0.3, 0.4) is 0 Å². The molecule has 2 aliphatic rings. The Hall–Kier alpha value is -1.10. The van der Waals surface area contributed by atoms with Gasteiger partial charge in [-0.1, -0.05) is 0 Å². The molecule has 0 saturated carbocycles. The number of rotatable bonds is 0. The van der Waals surface area contributed by atoms with Gasteiger partial charge in [-0.05, 0) is 18.6 Å². The van der Waals surface area contributed by atoms with Crippen molar-refractivity contribution in [2.24, 2.45) is 5.73 Å². The molecule has 3 nitrogen and oxygen atoms in total. The van der Waals surface area contributed by atoms with Crippen LogP contribution in [-0.2, 0) is 9.47 Å². The van der Waals surface area contributed by atoms with Gasteiger partial charge < -0.3 is 15.2 Å². The molecule has 1 fully saturated rings. The van der Waals surface area contributed by atoms with Crippen LogP contribution >= 0.6 is 0 Å². The van der Waals surface area contributed by atoms with E-state index < -0.39 is 5.92 Å². The molecule has 86 valence electrons. The Kier molecular flexibility index (Phi) is 4.55. The molecule has 2 N–H and O–H groups in total. The molecule has 0 unspecified atom stereocenters. The summed E-state index contributed by atoms with van der Waals surface area (Å²) in [6.45, 7) is 0.727. The molecule has 0 aliphatic carbocycles. The molecule has 15 heavy (non-hydrogen) atoms. The largest absolute Gasteiger partial charge is 0.497 e. The van der Waals surface area contributed by atoms with Gasteiger partial charge in [0, 0.05) is 18.7 Å². The van der Waals surface area contributed by atoms with Crippen LogP contribution in [0.2, 0.25) is 0 Å². The van der Waals surface area contributed by atoms with Crippen LogP contribution in [0.15, 0.2) is 24.1 Å². The van der Waals surface area contributed by atoms with Gasteiger partial charge in [0.15, 0.2) is 0 Å². The average Bonchev–Trinajstić information content (AvgIpc) is 2.19. The standard InChI is InChI=1S/C5H8F2O.C5H7NO/c6-5(7)2-1-3-8-4-5;6-5-1-3-7-4-2-5/h1-4H2;1-3H,4,6H2. The predicted molar refractivity (Wildman–Crippen MR) is 52.4 cm³/mol. The third kappa shape index (κ3) is 5.37. The number of hydrogen-bond acceptors (Lipinski definition) is 3. The summed E-state index contributed by atoms with van der Waals surface area (Å²) in [7, 11) is 0. The van der Waals surface area contributed by atoms with Gasteiger partial charge in [0.1, 0.15) is 13.2 Å². The highest BCUT2D eigenvalue weighted by atomic mass is 19.3. The lowest BCUT2D eigenvalue weighted by atomic mass is 10.2. The molecular weight excluding hydrogens is 204 g/mol. The first-order valence-corrected chi connectivity index (χ1v) is 4.79. The summed E-state index contributed by atoms with van der Waals surface area (Å²) < 4.78 is 33.5. The van der Waals surface area contributed by atoms with Crippen molar-refractivity contribution in [3.05, 3.63) is 24.1 Å². The van der Waals surface area contributed by atoms with Gasteiger partial charge in [0.05, 0.1) is 6.26 Å². The summed E-state index contributed by atoms with van der Waals surface area (Å²) in [5.74, 6) is -2.54. The fourth-order valence-corrected chi connectivity index (χ4v) is 1.12. The van der Waals surface area contributed by atoms with E-state index in [0.29, 0.717) is 19.6 Å². The number of ether oxygens (including phenoxy) is 2. The second kappa shape index (κ2) is 5.70. The Morgan fingerprint density at radius 3 is 2.47 bits per heavy atom. The quantitative estimate of drug-likeness (QED) is 0.675. The third-order valence-corrected chi connectivity index (χ3v) is 1.92. The minimum Gasteiger partial charge on any atom is -0.497 e. The van der Waals surface area contributed by atoms with Crippen LogP contribution in [0, 0.1) is 0 Å². The molecule has 0 bridgehead atoms. The first-order chi connectivity index (χ1) is 7.10. The molecule has 0 amide bonds. The van der Waals surface area contributed by atoms with E-state index in [-0.39, 0.29) is 13.0 Å². The Labute approximate surface area is 87.5 Å². The second-order valence-electron chi connectivity index (χ2n) is 3.35. The zero-order chi connectivity index (χ0) is 11.1. The van der Waals surface area contributed by atoms with Crippen molar-refractivity contribution in [3.8, 4) is 0 Å². The lowest BCUT2D eigenvalue weighted by Crippen LogP contribution is -2.28.